The van der Waals surface area contributed by atoms with Crippen LogP contribution in [0.1, 0.15) is 41.9 Å². The zero-order valence-corrected chi connectivity index (χ0v) is 18.3. The van der Waals surface area contributed by atoms with Crippen molar-refractivity contribution < 1.29 is 4.74 Å². The summed E-state index contributed by atoms with van der Waals surface area (Å²) in [5.41, 5.74) is 10.7. The third-order valence-electron chi connectivity index (χ3n) is 6.80. The number of hydrogen-bond donors (Lipinski definition) is 3. The molecule has 0 saturated heterocycles. The van der Waals surface area contributed by atoms with Gasteiger partial charge in [0.15, 0.2) is 0 Å². The maximum atomic E-state index is 6.34. The lowest BCUT2D eigenvalue weighted by Crippen LogP contribution is -2.29. The third-order valence-corrected chi connectivity index (χ3v) is 6.80. The fourth-order valence-corrected chi connectivity index (χ4v) is 5.20. The summed E-state index contributed by atoms with van der Waals surface area (Å²) in [6.45, 7) is 5.87. The molecule has 1 aliphatic heterocycles. The summed E-state index contributed by atoms with van der Waals surface area (Å²) in [7, 11) is 0. The number of fused-ring (bicyclic) bond motifs is 7. The van der Waals surface area contributed by atoms with Gasteiger partial charge >= 0.3 is 0 Å². The highest BCUT2D eigenvalue weighted by Crippen LogP contribution is 2.34. The van der Waals surface area contributed by atoms with Crippen molar-refractivity contribution in [3.63, 3.8) is 0 Å². The van der Waals surface area contributed by atoms with Crippen LogP contribution in [0.15, 0.2) is 42.7 Å². The summed E-state index contributed by atoms with van der Waals surface area (Å²) >= 11 is 0. The van der Waals surface area contributed by atoms with Crippen molar-refractivity contribution in [3.05, 3.63) is 66.3 Å². The van der Waals surface area contributed by atoms with Gasteiger partial charge in [0.25, 0.3) is 0 Å². The fourth-order valence-electron chi connectivity index (χ4n) is 5.20. The van der Waals surface area contributed by atoms with Gasteiger partial charge in [0.2, 0.25) is 5.65 Å². The summed E-state index contributed by atoms with van der Waals surface area (Å²) < 4.78 is 8.31. The number of aromatic amines is 1. The molecule has 4 N–H and O–H groups in total. The first kappa shape index (κ1) is 20.2. The minimum absolute atomic E-state index is 0.0598. The lowest BCUT2D eigenvalue weighted by molar-refractivity contribution is 0.177. The smallest absolute Gasteiger partial charge is 0.203 e. The predicted octanol–water partition coefficient (Wildman–Crippen LogP) is 2.67. The molecule has 1 saturated carbocycles. The van der Waals surface area contributed by atoms with Crippen LogP contribution < -0.4 is 15.8 Å². The number of nitrogens with one attached hydrogen (secondary N) is 2. The lowest BCUT2D eigenvalue weighted by Gasteiger charge is -2.22. The van der Waals surface area contributed by atoms with E-state index in [2.05, 4.69) is 56.1 Å². The quantitative estimate of drug-likeness (QED) is 0.387. The van der Waals surface area contributed by atoms with Crippen molar-refractivity contribution in [2.75, 3.05) is 12.3 Å². The molecule has 6 bridgehead atoms. The Balaban J connectivity index is 1.40. The van der Waals surface area contributed by atoms with Crippen LogP contribution in [0.2, 0.25) is 0 Å². The topological polar surface area (TPSA) is 120 Å². The number of nitrogen functional groups attached to an aromatic ring is 1. The van der Waals surface area contributed by atoms with Gasteiger partial charge in [-0.25, -0.2) is 4.98 Å². The maximum absolute atomic E-state index is 6.34. The number of aromatic nitrogens is 6. The van der Waals surface area contributed by atoms with E-state index in [4.69, 9.17) is 10.5 Å². The van der Waals surface area contributed by atoms with Crippen LogP contribution in [0.25, 0.3) is 11.2 Å². The molecule has 6 rings (SSSR count). The van der Waals surface area contributed by atoms with Crippen molar-refractivity contribution in [1.29, 1.82) is 0 Å². The van der Waals surface area contributed by atoms with Gasteiger partial charge in [-0.05, 0) is 54.3 Å². The van der Waals surface area contributed by atoms with Gasteiger partial charge in [-0.1, -0.05) is 18.6 Å². The normalized spacial score (nSPS) is 25.4. The molecule has 1 aromatic carbocycles. The van der Waals surface area contributed by atoms with E-state index < -0.39 is 0 Å². The Labute approximate surface area is 191 Å². The van der Waals surface area contributed by atoms with Crippen LogP contribution >= 0.6 is 0 Å². The third kappa shape index (κ3) is 3.93. The van der Waals surface area contributed by atoms with Crippen LogP contribution in [0.4, 0.5) is 5.82 Å². The molecule has 33 heavy (non-hydrogen) atoms. The van der Waals surface area contributed by atoms with Gasteiger partial charge in [0.1, 0.15) is 17.1 Å². The van der Waals surface area contributed by atoms with E-state index in [1.807, 2.05) is 29.1 Å². The number of hydrogen-bond acceptors (Lipinski definition) is 7. The Kier molecular flexibility index (Phi) is 4.98. The number of nitrogens with two attached hydrogens (primary N) is 1. The van der Waals surface area contributed by atoms with Gasteiger partial charge in [-0.15, -0.1) is 11.0 Å². The fraction of sp³-hybridized carbons (Fsp3) is 0.375. The molecule has 2 aliphatic rings. The largest absolute Gasteiger partial charge is 0.493 e. The molecule has 9 heteroatoms. The molecular formula is C24H27N8O-. The second kappa shape index (κ2) is 8.15. The summed E-state index contributed by atoms with van der Waals surface area (Å²) in [4.78, 5) is 4.31. The summed E-state index contributed by atoms with van der Waals surface area (Å²) in [5.74, 6) is 1.66. The number of rotatable bonds is 1. The van der Waals surface area contributed by atoms with E-state index in [-0.39, 0.29) is 17.9 Å². The van der Waals surface area contributed by atoms with Gasteiger partial charge in [-0.3, -0.25) is 4.68 Å². The maximum Gasteiger partial charge on any atom is 0.203 e. The van der Waals surface area contributed by atoms with Crippen LogP contribution in [0.3, 0.4) is 0 Å². The van der Waals surface area contributed by atoms with Crippen LogP contribution in [0.5, 0.6) is 5.75 Å². The van der Waals surface area contributed by atoms with Gasteiger partial charge < -0.3 is 22.7 Å². The number of anilines is 1. The first-order valence-corrected chi connectivity index (χ1v) is 11.4. The van der Waals surface area contributed by atoms with Gasteiger partial charge in [-0.2, -0.15) is 15.4 Å². The van der Waals surface area contributed by atoms with Crippen LogP contribution in [-0.4, -0.2) is 48.9 Å². The summed E-state index contributed by atoms with van der Waals surface area (Å²) in [6, 6.07) is 10.6. The highest BCUT2D eigenvalue weighted by molar-refractivity contribution is 5.77. The second-order valence-electron chi connectivity index (χ2n) is 9.13. The van der Waals surface area contributed by atoms with Gasteiger partial charge in [0.05, 0.1) is 18.8 Å². The average Bonchev–Trinajstić information content (AvgIpc) is 3.51. The van der Waals surface area contributed by atoms with Crippen molar-refractivity contribution in [1.82, 2.24) is 35.5 Å². The van der Waals surface area contributed by atoms with Crippen molar-refractivity contribution >= 4 is 17.0 Å². The average molecular weight is 444 g/mol. The summed E-state index contributed by atoms with van der Waals surface area (Å²) in [5, 5.41) is 19.6. The van der Waals surface area contributed by atoms with Crippen molar-refractivity contribution in [2.45, 2.75) is 43.9 Å². The van der Waals surface area contributed by atoms with E-state index in [0.717, 1.165) is 53.8 Å². The number of nitrogens with zero attached hydrogens (tertiary/aromatic N) is 5. The SMILES string of the molecule is [CH2-][C@H]1C[C@H]2C[C@H]1Oc1cccc(c1)Cn1cc(cn1)[C@@H](c1cc(N)nc3n[nH]nc13)CCN2. The minimum Gasteiger partial charge on any atom is -0.493 e. The molecule has 170 valence electrons. The minimum atomic E-state index is 0.0598. The van der Waals surface area contributed by atoms with Crippen molar-refractivity contribution in [3.8, 4) is 5.75 Å². The molecule has 9 nitrogen and oxygen atoms in total. The molecule has 0 spiro atoms. The molecule has 4 heterocycles. The van der Waals surface area contributed by atoms with Crippen LogP contribution in [-0.2, 0) is 6.54 Å². The Bertz CT molecular complexity index is 1280. The molecular weight excluding hydrogens is 416 g/mol. The second-order valence-corrected chi connectivity index (χ2v) is 9.13. The standard InChI is InChI=1S/C24H27N8O/c1-14-7-17-9-21(14)33-18-4-2-3-15(8-18)12-32-13-16(11-27-32)19(5-6-26-17)20-10-22(25)28-24-23(20)29-31-30-24/h2-4,8,10-11,13-14,17,19,21,26H,1,5-7,9,12H2,(H3,25,28,29,30,31)/q-1/t14-,17-,19-,21+/m0/s1. The predicted molar refractivity (Wildman–Crippen MR) is 125 cm³/mol. The summed E-state index contributed by atoms with van der Waals surface area (Å²) in [6.07, 6.45) is 6.99. The Morgan fingerprint density at radius 1 is 1.18 bits per heavy atom. The monoisotopic (exact) mass is 443 g/mol. The zero-order chi connectivity index (χ0) is 22.4. The van der Waals surface area contributed by atoms with E-state index in [9.17, 15) is 0 Å². The van der Waals surface area contributed by atoms with Gasteiger partial charge in [0, 0.05) is 18.2 Å². The Morgan fingerprint density at radius 3 is 3.06 bits per heavy atom. The molecule has 0 amide bonds. The van der Waals surface area contributed by atoms with E-state index in [0.29, 0.717) is 24.1 Å². The highest BCUT2D eigenvalue weighted by Gasteiger charge is 2.29. The lowest BCUT2D eigenvalue weighted by atomic mass is 9.90. The molecule has 0 radical (unpaired) electrons. The molecule has 3 aromatic heterocycles. The van der Waals surface area contributed by atoms with E-state index in [1.54, 1.807) is 0 Å². The zero-order valence-electron chi connectivity index (χ0n) is 18.3. The number of benzene rings is 1. The Hall–Kier alpha value is -3.46. The molecule has 1 fully saturated rings. The number of ether oxygens (including phenoxy) is 1. The molecule has 4 atom stereocenters. The number of H-pyrrole nitrogens is 1. The molecule has 0 unspecified atom stereocenters. The molecule has 4 aromatic rings. The highest BCUT2D eigenvalue weighted by atomic mass is 16.5. The first-order valence-electron chi connectivity index (χ1n) is 11.4. The van der Waals surface area contributed by atoms with Crippen LogP contribution in [0, 0.1) is 12.8 Å². The first-order chi connectivity index (χ1) is 16.1. The number of pyridine rings is 1. The van der Waals surface area contributed by atoms with E-state index >= 15 is 0 Å². The molecule has 1 aliphatic carbocycles. The van der Waals surface area contributed by atoms with E-state index in [1.165, 1.54) is 0 Å². The Morgan fingerprint density at radius 2 is 2.12 bits per heavy atom. The van der Waals surface area contributed by atoms with Crippen molar-refractivity contribution in [2.24, 2.45) is 5.92 Å².